The Balaban J connectivity index is 1.99. The van der Waals surface area contributed by atoms with E-state index < -0.39 is 0 Å². The molecule has 0 spiro atoms. The molecule has 0 N–H and O–H groups in total. The summed E-state index contributed by atoms with van der Waals surface area (Å²) >= 11 is 1.79. The number of carbonyl (C=O) groups is 1. The quantitative estimate of drug-likeness (QED) is 0.541. The van der Waals surface area contributed by atoms with Crippen LogP contribution in [0.4, 0.5) is 0 Å². The van der Waals surface area contributed by atoms with E-state index in [9.17, 15) is 4.79 Å². The summed E-state index contributed by atoms with van der Waals surface area (Å²) in [5.74, 6) is 0.560. The summed E-state index contributed by atoms with van der Waals surface area (Å²) in [7, 11) is 0. The summed E-state index contributed by atoms with van der Waals surface area (Å²) in [6.07, 6.45) is 6.41. The van der Waals surface area contributed by atoms with Gasteiger partial charge in [-0.05, 0) is 19.3 Å². The first-order chi connectivity index (χ1) is 5.86. The van der Waals surface area contributed by atoms with Gasteiger partial charge in [0.25, 0.3) is 0 Å². The monoisotopic (exact) mass is 186 g/mol. The van der Waals surface area contributed by atoms with Gasteiger partial charge in [-0.2, -0.15) is 0 Å². The van der Waals surface area contributed by atoms with Gasteiger partial charge in [0.1, 0.15) is 6.10 Å². The molecule has 1 aliphatic carbocycles. The smallest absolute Gasteiger partial charge is 0.316 e. The molecule has 2 aliphatic rings. The van der Waals surface area contributed by atoms with Gasteiger partial charge in [-0.1, -0.05) is 12.8 Å². The Hall–Kier alpha value is -0.180. The van der Waals surface area contributed by atoms with Gasteiger partial charge >= 0.3 is 5.97 Å². The van der Waals surface area contributed by atoms with Gasteiger partial charge in [0, 0.05) is 5.25 Å². The van der Waals surface area contributed by atoms with Crippen molar-refractivity contribution in [3.05, 3.63) is 0 Å². The van der Waals surface area contributed by atoms with E-state index in [4.69, 9.17) is 4.74 Å². The minimum atomic E-state index is -0.0110. The van der Waals surface area contributed by atoms with Gasteiger partial charge in [-0.25, -0.2) is 0 Å². The van der Waals surface area contributed by atoms with Crippen LogP contribution in [0.25, 0.3) is 0 Å². The number of hydrogen-bond donors (Lipinski definition) is 0. The van der Waals surface area contributed by atoms with Crippen molar-refractivity contribution in [3.63, 3.8) is 0 Å². The molecule has 2 nitrogen and oxygen atoms in total. The fourth-order valence-electron chi connectivity index (χ4n) is 1.94. The highest BCUT2D eigenvalue weighted by atomic mass is 32.2. The summed E-state index contributed by atoms with van der Waals surface area (Å²) in [5, 5.41) is 0.602. The number of rotatable bonds is 0. The fourth-order valence-corrected chi connectivity index (χ4v) is 3.10. The van der Waals surface area contributed by atoms with Crippen LogP contribution in [-0.4, -0.2) is 23.1 Å². The molecular weight excluding hydrogens is 172 g/mol. The second kappa shape index (κ2) is 3.69. The van der Waals surface area contributed by atoms with E-state index in [2.05, 4.69) is 0 Å². The molecule has 0 aromatic heterocycles. The number of esters is 1. The van der Waals surface area contributed by atoms with Crippen molar-refractivity contribution in [2.75, 3.05) is 5.75 Å². The highest BCUT2D eigenvalue weighted by molar-refractivity contribution is 8.00. The fraction of sp³-hybridized carbons (Fsp3) is 0.889. The average molecular weight is 186 g/mol. The predicted molar refractivity (Wildman–Crippen MR) is 49.2 cm³/mol. The molecule has 0 amide bonds. The van der Waals surface area contributed by atoms with E-state index in [1.807, 2.05) is 0 Å². The van der Waals surface area contributed by atoms with Crippen LogP contribution in [0.1, 0.15) is 32.1 Å². The lowest BCUT2D eigenvalue weighted by atomic mass is 10.1. The minimum Gasteiger partial charge on any atom is -0.461 e. The van der Waals surface area contributed by atoms with Crippen LogP contribution >= 0.6 is 11.8 Å². The Bertz CT molecular complexity index is 181. The molecular formula is C9H14O2S. The van der Waals surface area contributed by atoms with E-state index in [1.54, 1.807) is 11.8 Å². The third-order valence-electron chi connectivity index (χ3n) is 2.59. The van der Waals surface area contributed by atoms with Crippen molar-refractivity contribution in [2.24, 2.45) is 0 Å². The Morgan fingerprint density at radius 3 is 3.00 bits per heavy atom. The molecule has 0 radical (unpaired) electrons. The normalized spacial score (nSPS) is 36.5. The topological polar surface area (TPSA) is 26.3 Å². The van der Waals surface area contributed by atoms with Crippen LogP contribution in [0.15, 0.2) is 0 Å². The molecule has 2 atom stereocenters. The van der Waals surface area contributed by atoms with Crippen LogP contribution in [0.5, 0.6) is 0 Å². The van der Waals surface area contributed by atoms with Crippen molar-refractivity contribution in [1.82, 2.24) is 0 Å². The lowest BCUT2D eigenvalue weighted by Crippen LogP contribution is -2.34. The Kier molecular flexibility index (Phi) is 2.59. The lowest BCUT2D eigenvalue weighted by molar-refractivity contribution is -0.147. The number of carbonyl (C=O) groups excluding carboxylic acids is 1. The Labute approximate surface area is 77.0 Å². The van der Waals surface area contributed by atoms with E-state index in [1.165, 1.54) is 25.7 Å². The molecule has 1 saturated heterocycles. The van der Waals surface area contributed by atoms with Crippen molar-refractivity contribution in [1.29, 1.82) is 0 Å². The van der Waals surface area contributed by atoms with Gasteiger partial charge in [0.2, 0.25) is 0 Å². The van der Waals surface area contributed by atoms with E-state index in [-0.39, 0.29) is 12.1 Å². The molecule has 1 saturated carbocycles. The van der Waals surface area contributed by atoms with E-state index >= 15 is 0 Å². The number of hydrogen-bond acceptors (Lipinski definition) is 3. The standard InChI is InChI=1S/C9H14O2S/c10-9-6-12-8-5-3-1-2-4-7(8)11-9/h7-8H,1-6H2/t7-,8-/m0/s1. The van der Waals surface area contributed by atoms with Crippen LogP contribution < -0.4 is 0 Å². The summed E-state index contributed by atoms with van der Waals surface area (Å²) in [4.78, 5) is 11.0. The number of fused-ring (bicyclic) bond motifs is 1. The highest BCUT2D eigenvalue weighted by Gasteiger charge is 2.31. The van der Waals surface area contributed by atoms with Crippen LogP contribution in [-0.2, 0) is 9.53 Å². The van der Waals surface area contributed by atoms with Crippen molar-refractivity contribution in [2.45, 2.75) is 43.5 Å². The largest absolute Gasteiger partial charge is 0.461 e. The molecule has 68 valence electrons. The number of ether oxygens (including phenoxy) is 1. The molecule has 0 unspecified atom stereocenters. The third-order valence-corrected chi connectivity index (χ3v) is 3.96. The summed E-state index contributed by atoms with van der Waals surface area (Å²) in [6, 6.07) is 0. The van der Waals surface area contributed by atoms with Gasteiger partial charge in [-0.15, -0.1) is 11.8 Å². The van der Waals surface area contributed by atoms with Gasteiger partial charge in [0.05, 0.1) is 5.75 Å². The second-order valence-electron chi connectivity index (χ2n) is 3.52. The molecule has 2 fully saturated rings. The summed E-state index contributed by atoms with van der Waals surface area (Å²) in [5.41, 5.74) is 0. The van der Waals surface area contributed by atoms with Crippen molar-refractivity contribution < 1.29 is 9.53 Å². The van der Waals surface area contributed by atoms with Gasteiger partial charge < -0.3 is 4.74 Å². The Morgan fingerprint density at radius 1 is 1.25 bits per heavy atom. The van der Waals surface area contributed by atoms with Crippen LogP contribution in [0.3, 0.4) is 0 Å². The molecule has 12 heavy (non-hydrogen) atoms. The molecule has 1 aliphatic heterocycles. The summed E-state index contributed by atoms with van der Waals surface area (Å²) < 4.78 is 5.31. The van der Waals surface area contributed by atoms with Crippen molar-refractivity contribution in [3.8, 4) is 0 Å². The molecule has 0 bridgehead atoms. The minimum absolute atomic E-state index is 0.0110. The van der Waals surface area contributed by atoms with E-state index in [0.29, 0.717) is 11.0 Å². The molecule has 1 heterocycles. The van der Waals surface area contributed by atoms with E-state index in [0.717, 1.165) is 6.42 Å². The SMILES string of the molecule is O=C1CS[C@H]2CCCCC[C@@H]2O1. The second-order valence-corrected chi connectivity index (χ2v) is 4.74. The zero-order valence-electron chi connectivity index (χ0n) is 7.12. The number of thioether (sulfide) groups is 1. The molecule has 0 aromatic carbocycles. The third kappa shape index (κ3) is 1.76. The molecule has 0 aromatic rings. The molecule has 3 heteroatoms. The van der Waals surface area contributed by atoms with Crippen molar-refractivity contribution >= 4 is 17.7 Å². The van der Waals surface area contributed by atoms with Gasteiger partial charge in [0.15, 0.2) is 0 Å². The maximum atomic E-state index is 11.0. The maximum absolute atomic E-state index is 11.0. The Morgan fingerprint density at radius 2 is 2.08 bits per heavy atom. The highest BCUT2D eigenvalue weighted by Crippen LogP contribution is 2.33. The van der Waals surface area contributed by atoms with Gasteiger partial charge in [-0.3, -0.25) is 4.79 Å². The zero-order valence-corrected chi connectivity index (χ0v) is 7.94. The zero-order chi connectivity index (χ0) is 8.39. The first kappa shape index (κ1) is 8.42. The first-order valence-corrected chi connectivity index (χ1v) is 5.72. The molecule has 2 rings (SSSR count). The predicted octanol–water partition coefficient (Wildman–Crippen LogP) is 1.98. The average Bonchev–Trinajstić information content (AvgIpc) is 2.28. The first-order valence-electron chi connectivity index (χ1n) is 4.67. The lowest BCUT2D eigenvalue weighted by Gasteiger charge is -2.28. The summed E-state index contributed by atoms with van der Waals surface area (Å²) in [6.45, 7) is 0. The van der Waals surface area contributed by atoms with Crippen LogP contribution in [0.2, 0.25) is 0 Å². The maximum Gasteiger partial charge on any atom is 0.316 e. The van der Waals surface area contributed by atoms with Crippen LogP contribution in [0, 0.1) is 0 Å².